The van der Waals surface area contributed by atoms with Gasteiger partial charge in [0.2, 0.25) is 0 Å². The van der Waals surface area contributed by atoms with Crippen LogP contribution in [-0.2, 0) is 9.47 Å². The van der Waals surface area contributed by atoms with Crippen LogP contribution >= 0.6 is 0 Å². The number of ether oxygens (including phenoxy) is 2. The van der Waals surface area contributed by atoms with Gasteiger partial charge >= 0.3 is 0 Å². The van der Waals surface area contributed by atoms with Crippen molar-refractivity contribution in [3.05, 3.63) is 0 Å². The zero-order valence-electron chi connectivity index (χ0n) is 11.9. The molecule has 2 aliphatic carbocycles. The predicted molar refractivity (Wildman–Crippen MR) is 73.9 cm³/mol. The Balaban J connectivity index is 1.59. The highest BCUT2D eigenvalue weighted by atomic mass is 16.5. The number of rotatable bonds is 10. The smallest absolute Gasteiger partial charge is 0.0487 e. The molecule has 0 unspecified atom stereocenters. The summed E-state index contributed by atoms with van der Waals surface area (Å²) in [6.07, 6.45) is 10.7. The molecule has 0 saturated heterocycles. The molecule has 0 aliphatic heterocycles. The molecule has 0 radical (unpaired) electrons. The first-order valence-electron chi connectivity index (χ1n) is 7.65. The van der Waals surface area contributed by atoms with Crippen LogP contribution in [0.2, 0.25) is 0 Å². The number of methoxy groups -OCH3 is 1. The summed E-state index contributed by atoms with van der Waals surface area (Å²) in [5, 5.41) is 3.73. The van der Waals surface area contributed by atoms with Gasteiger partial charge in [-0.3, -0.25) is 0 Å². The fourth-order valence-corrected chi connectivity index (χ4v) is 2.98. The van der Waals surface area contributed by atoms with Gasteiger partial charge in [0, 0.05) is 39.5 Å². The molecule has 0 bridgehead atoms. The molecule has 0 heterocycles. The fourth-order valence-electron chi connectivity index (χ4n) is 2.98. The van der Waals surface area contributed by atoms with Crippen LogP contribution in [0, 0.1) is 5.41 Å². The second-order valence-electron chi connectivity index (χ2n) is 6.07. The van der Waals surface area contributed by atoms with Gasteiger partial charge in [0.1, 0.15) is 0 Å². The Morgan fingerprint density at radius 2 is 1.89 bits per heavy atom. The van der Waals surface area contributed by atoms with Crippen molar-refractivity contribution in [1.29, 1.82) is 0 Å². The molecule has 0 amide bonds. The Hall–Kier alpha value is -0.120. The molecule has 18 heavy (non-hydrogen) atoms. The van der Waals surface area contributed by atoms with Gasteiger partial charge in [-0.15, -0.1) is 0 Å². The Morgan fingerprint density at radius 1 is 1.11 bits per heavy atom. The summed E-state index contributed by atoms with van der Waals surface area (Å²) < 4.78 is 10.8. The van der Waals surface area contributed by atoms with Gasteiger partial charge in [-0.2, -0.15) is 0 Å². The molecule has 0 aromatic rings. The largest absolute Gasteiger partial charge is 0.385 e. The van der Waals surface area contributed by atoms with Gasteiger partial charge in [-0.1, -0.05) is 12.8 Å². The lowest BCUT2D eigenvalue weighted by atomic mass is 9.83. The summed E-state index contributed by atoms with van der Waals surface area (Å²) in [7, 11) is 1.75. The van der Waals surface area contributed by atoms with Gasteiger partial charge in [0.25, 0.3) is 0 Å². The third-order valence-corrected chi connectivity index (χ3v) is 4.42. The second-order valence-corrected chi connectivity index (χ2v) is 6.07. The minimum absolute atomic E-state index is 0.545. The zero-order chi connectivity index (χ0) is 12.7. The van der Waals surface area contributed by atoms with Gasteiger partial charge in [-0.05, 0) is 43.9 Å². The lowest BCUT2D eigenvalue weighted by molar-refractivity contribution is 0.0762. The van der Waals surface area contributed by atoms with Crippen LogP contribution in [0.25, 0.3) is 0 Å². The number of hydrogen-bond donors (Lipinski definition) is 1. The van der Waals surface area contributed by atoms with Crippen LogP contribution < -0.4 is 5.32 Å². The summed E-state index contributed by atoms with van der Waals surface area (Å²) in [5.74, 6) is 0. The highest BCUT2D eigenvalue weighted by Gasteiger charge is 2.35. The molecular weight excluding hydrogens is 226 g/mol. The van der Waals surface area contributed by atoms with Crippen molar-refractivity contribution >= 4 is 0 Å². The van der Waals surface area contributed by atoms with E-state index in [9.17, 15) is 0 Å². The Kier molecular flexibility index (Phi) is 5.93. The first-order chi connectivity index (χ1) is 8.85. The van der Waals surface area contributed by atoms with E-state index in [4.69, 9.17) is 9.47 Å². The standard InChI is InChI=1S/C15H29NO2/c1-17-10-4-11-18-12-9-15(7-2-3-8-15)13-16-14-5-6-14/h14,16H,2-13H2,1H3. The van der Waals surface area contributed by atoms with E-state index >= 15 is 0 Å². The Labute approximate surface area is 112 Å². The molecule has 0 atom stereocenters. The molecule has 0 spiro atoms. The highest BCUT2D eigenvalue weighted by Crippen LogP contribution is 2.41. The molecule has 3 nitrogen and oxygen atoms in total. The molecule has 2 aliphatic rings. The average molecular weight is 255 g/mol. The van der Waals surface area contributed by atoms with E-state index in [0.717, 1.165) is 32.3 Å². The molecule has 2 rings (SSSR count). The van der Waals surface area contributed by atoms with E-state index in [1.165, 1.54) is 51.5 Å². The topological polar surface area (TPSA) is 30.5 Å². The lowest BCUT2D eigenvalue weighted by Crippen LogP contribution is -2.34. The van der Waals surface area contributed by atoms with Crippen LogP contribution in [0.5, 0.6) is 0 Å². The first-order valence-corrected chi connectivity index (χ1v) is 7.65. The third kappa shape index (κ3) is 4.87. The maximum Gasteiger partial charge on any atom is 0.0487 e. The van der Waals surface area contributed by atoms with E-state index < -0.39 is 0 Å². The molecule has 0 aromatic carbocycles. The highest BCUT2D eigenvalue weighted by molar-refractivity contribution is 4.90. The fraction of sp³-hybridized carbons (Fsp3) is 1.00. The van der Waals surface area contributed by atoms with E-state index in [1.807, 2.05) is 0 Å². The monoisotopic (exact) mass is 255 g/mol. The summed E-state index contributed by atoms with van der Waals surface area (Å²) >= 11 is 0. The van der Waals surface area contributed by atoms with Crippen molar-refractivity contribution in [2.75, 3.05) is 33.5 Å². The first kappa shape index (κ1) is 14.3. The quantitative estimate of drug-likeness (QED) is 0.609. The second kappa shape index (κ2) is 7.46. The summed E-state index contributed by atoms with van der Waals surface area (Å²) in [6.45, 7) is 3.81. The summed E-state index contributed by atoms with van der Waals surface area (Å²) in [6, 6.07) is 0.838. The van der Waals surface area contributed by atoms with Gasteiger partial charge in [-0.25, -0.2) is 0 Å². The predicted octanol–water partition coefficient (Wildman–Crippen LogP) is 2.74. The molecule has 1 N–H and O–H groups in total. The third-order valence-electron chi connectivity index (χ3n) is 4.42. The van der Waals surface area contributed by atoms with Crippen LogP contribution in [0.15, 0.2) is 0 Å². The van der Waals surface area contributed by atoms with Crippen LogP contribution in [0.3, 0.4) is 0 Å². The lowest BCUT2D eigenvalue weighted by Gasteiger charge is -2.29. The summed E-state index contributed by atoms with van der Waals surface area (Å²) in [4.78, 5) is 0. The van der Waals surface area contributed by atoms with Crippen molar-refractivity contribution in [1.82, 2.24) is 5.32 Å². The molecule has 2 fully saturated rings. The minimum atomic E-state index is 0.545. The SMILES string of the molecule is COCCCOCCC1(CNC2CC2)CCCC1. The van der Waals surface area contributed by atoms with E-state index in [1.54, 1.807) is 7.11 Å². The normalized spacial score (nSPS) is 22.5. The molecule has 0 aromatic heterocycles. The van der Waals surface area contributed by atoms with Crippen molar-refractivity contribution < 1.29 is 9.47 Å². The van der Waals surface area contributed by atoms with Gasteiger partial charge in [0.05, 0.1) is 0 Å². The minimum Gasteiger partial charge on any atom is -0.385 e. The molecule has 3 heteroatoms. The Morgan fingerprint density at radius 3 is 2.56 bits per heavy atom. The van der Waals surface area contributed by atoms with Crippen molar-refractivity contribution in [2.24, 2.45) is 5.41 Å². The van der Waals surface area contributed by atoms with Gasteiger partial charge in [0.15, 0.2) is 0 Å². The zero-order valence-corrected chi connectivity index (χ0v) is 11.9. The molecule has 2 saturated carbocycles. The summed E-state index contributed by atoms with van der Waals surface area (Å²) in [5.41, 5.74) is 0.545. The Bertz CT molecular complexity index is 223. The van der Waals surface area contributed by atoms with Crippen molar-refractivity contribution in [3.8, 4) is 0 Å². The van der Waals surface area contributed by atoms with Gasteiger partial charge < -0.3 is 14.8 Å². The maximum atomic E-state index is 5.74. The van der Waals surface area contributed by atoms with Crippen molar-refractivity contribution in [3.63, 3.8) is 0 Å². The number of nitrogens with one attached hydrogen (secondary N) is 1. The average Bonchev–Trinajstić information content (AvgIpc) is 3.11. The van der Waals surface area contributed by atoms with Crippen LogP contribution in [-0.4, -0.2) is 39.5 Å². The van der Waals surface area contributed by atoms with E-state index in [0.29, 0.717) is 5.41 Å². The maximum absolute atomic E-state index is 5.74. The molecular formula is C15H29NO2. The number of hydrogen-bond acceptors (Lipinski definition) is 3. The van der Waals surface area contributed by atoms with Crippen molar-refractivity contribution in [2.45, 2.75) is 57.4 Å². The van der Waals surface area contributed by atoms with E-state index in [2.05, 4.69) is 5.32 Å². The van der Waals surface area contributed by atoms with Crippen LogP contribution in [0.4, 0.5) is 0 Å². The van der Waals surface area contributed by atoms with E-state index in [-0.39, 0.29) is 0 Å². The molecule has 106 valence electrons. The van der Waals surface area contributed by atoms with Crippen LogP contribution in [0.1, 0.15) is 51.4 Å².